The third kappa shape index (κ3) is 2.70. The SMILES string of the molecule is Cc1occc1C(=O)NC1CC(=O)N(C2CC2c2ccccc2)C1. The normalized spacial score (nSPS) is 25.8. The maximum absolute atomic E-state index is 12.3. The molecule has 2 amide bonds. The number of nitrogens with zero attached hydrogens (tertiary/aromatic N) is 1. The third-order valence-corrected chi connectivity index (χ3v) is 4.98. The summed E-state index contributed by atoms with van der Waals surface area (Å²) in [5.41, 5.74) is 1.83. The van der Waals surface area contributed by atoms with Crippen molar-refractivity contribution in [1.82, 2.24) is 10.2 Å². The smallest absolute Gasteiger partial charge is 0.255 e. The van der Waals surface area contributed by atoms with Crippen LogP contribution in [0.25, 0.3) is 0 Å². The number of hydrogen-bond acceptors (Lipinski definition) is 3. The molecule has 24 heavy (non-hydrogen) atoms. The molecule has 3 atom stereocenters. The van der Waals surface area contributed by atoms with E-state index in [-0.39, 0.29) is 23.9 Å². The minimum Gasteiger partial charge on any atom is -0.469 e. The molecular formula is C19H20N2O3. The first kappa shape index (κ1) is 15.0. The monoisotopic (exact) mass is 324 g/mol. The van der Waals surface area contributed by atoms with Crippen molar-refractivity contribution in [2.45, 2.75) is 37.8 Å². The lowest BCUT2D eigenvalue weighted by Crippen LogP contribution is -2.37. The van der Waals surface area contributed by atoms with E-state index in [2.05, 4.69) is 17.4 Å². The molecule has 0 radical (unpaired) electrons. The Morgan fingerprint density at radius 1 is 1.25 bits per heavy atom. The van der Waals surface area contributed by atoms with Gasteiger partial charge in [-0.3, -0.25) is 9.59 Å². The molecule has 1 aromatic heterocycles. The number of carbonyl (C=O) groups is 2. The highest BCUT2D eigenvalue weighted by molar-refractivity contribution is 5.95. The first-order valence-corrected chi connectivity index (χ1v) is 8.33. The number of furan rings is 1. The molecule has 5 nitrogen and oxygen atoms in total. The summed E-state index contributed by atoms with van der Waals surface area (Å²) in [6.45, 7) is 2.35. The molecule has 0 spiro atoms. The average molecular weight is 324 g/mol. The van der Waals surface area contributed by atoms with Gasteiger partial charge in [0, 0.05) is 24.9 Å². The highest BCUT2D eigenvalue weighted by Crippen LogP contribution is 2.45. The Labute approximate surface area is 140 Å². The molecule has 1 N–H and O–H groups in total. The van der Waals surface area contributed by atoms with Crippen LogP contribution in [0.1, 0.15) is 40.4 Å². The van der Waals surface area contributed by atoms with Gasteiger partial charge in [0.2, 0.25) is 5.91 Å². The maximum atomic E-state index is 12.3. The number of nitrogens with one attached hydrogen (secondary N) is 1. The molecule has 3 unspecified atom stereocenters. The second kappa shape index (κ2) is 5.82. The van der Waals surface area contributed by atoms with Gasteiger partial charge in [-0.1, -0.05) is 30.3 Å². The van der Waals surface area contributed by atoms with Crippen LogP contribution in [-0.2, 0) is 4.79 Å². The minimum atomic E-state index is -0.170. The van der Waals surface area contributed by atoms with E-state index in [0.717, 1.165) is 6.42 Å². The second-order valence-corrected chi connectivity index (χ2v) is 6.63. The molecule has 2 heterocycles. The number of likely N-dealkylation sites (tertiary alicyclic amines) is 1. The lowest BCUT2D eigenvalue weighted by atomic mass is 10.1. The molecule has 1 saturated heterocycles. The van der Waals surface area contributed by atoms with E-state index in [1.165, 1.54) is 11.8 Å². The number of hydrogen-bond donors (Lipinski definition) is 1. The zero-order valence-corrected chi connectivity index (χ0v) is 13.6. The Morgan fingerprint density at radius 2 is 2.04 bits per heavy atom. The van der Waals surface area contributed by atoms with Gasteiger partial charge < -0.3 is 14.6 Å². The van der Waals surface area contributed by atoms with Crippen molar-refractivity contribution in [1.29, 1.82) is 0 Å². The van der Waals surface area contributed by atoms with Crippen LogP contribution in [0.15, 0.2) is 47.1 Å². The van der Waals surface area contributed by atoms with Crippen LogP contribution in [-0.4, -0.2) is 35.3 Å². The Hall–Kier alpha value is -2.56. The summed E-state index contributed by atoms with van der Waals surface area (Å²) in [5.74, 6) is 0.990. The fraction of sp³-hybridized carbons (Fsp3) is 0.368. The van der Waals surface area contributed by atoms with Crippen molar-refractivity contribution < 1.29 is 14.0 Å². The lowest BCUT2D eigenvalue weighted by Gasteiger charge is -2.17. The predicted octanol–water partition coefficient (Wildman–Crippen LogP) is 2.47. The summed E-state index contributed by atoms with van der Waals surface area (Å²) >= 11 is 0. The van der Waals surface area contributed by atoms with Gasteiger partial charge in [-0.2, -0.15) is 0 Å². The zero-order chi connectivity index (χ0) is 16.7. The van der Waals surface area contributed by atoms with E-state index in [9.17, 15) is 9.59 Å². The topological polar surface area (TPSA) is 62.6 Å². The maximum Gasteiger partial charge on any atom is 0.255 e. The van der Waals surface area contributed by atoms with Gasteiger partial charge in [-0.25, -0.2) is 0 Å². The van der Waals surface area contributed by atoms with Gasteiger partial charge in [0.25, 0.3) is 5.91 Å². The Morgan fingerprint density at radius 3 is 2.75 bits per heavy atom. The second-order valence-electron chi connectivity index (χ2n) is 6.63. The van der Waals surface area contributed by atoms with Crippen LogP contribution < -0.4 is 5.32 Å². The Bertz CT molecular complexity index is 768. The number of amides is 2. The zero-order valence-electron chi connectivity index (χ0n) is 13.6. The van der Waals surface area contributed by atoms with E-state index >= 15 is 0 Å². The molecule has 1 aliphatic carbocycles. The van der Waals surface area contributed by atoms with Crippen LogP contribution in [0, 0.1) is 6.92 Å². The van der Waals surface area contributed by atoms with E-state index in [0.29, 0.717) is 30.2 Å². The summed E-state index contributed by atoms with van der Waals surface area (Å²) in [6, 6.07) is 12.1. The molecule has 1 saturated carbocycles. The first-order chi connectivity index (χ1) is 11.6. The van der Waals surface area contributed by atoms with Crippen molar-refractivity contribution in [2.24, 2.45) is 0 Å². The Kier molecular flexibility index (Phi) is 3.63. The van der Waals surface area contributed by atoms with Gasteiger partial charge in [-0.15, -0.1) is 0 Å². The number of benzene rings is 1. The van der Waals surface area contributed by atoms with E-state index in [4.69, 9.17) is 4.42 Å². The predicted molar refractivity (Wildman–Crippen MR) is 88.6 cm³/mol. The van der Waals surface area contributed by atoms with E-state index < -0.39 is 0 Å². The van der Waals surface area contributed by atoms with E-state index in [1.54, 1.807) is 13.0 Å². The number of aryl methyl sites for hydroxylation is 1. The molecule has 2 fully saturated rings. The van der Waals surface area contributed by atoms with Crippen LogP contribution in [0.3, 0.4) is 0 Å². The molecule has 2 aliphatic rings. The van der Waals surface area contributed by atoms with Crippen molar-refractivity contribution >= 4 is 11.8 Å². The molecule has 0 bridgehead atoms. The fourth-order valence-electron chi connectivity index (χ4n) is 3.62. The van der Waals surface area contributed by atoms with Crippen LogP contribution >= 0.6 is 0 Å². The fourth-order valence-corrected chi connectivity index (χ4v) is 3.62. The van der Waals surface area contributed by atoms with E-state index in [1.807, 2.05) is 23.1 Å². The summed E-state index contributed by atoms with van der Waals surface area (Å²) in [7, 11) is 0. The lowest BCUT2D eigenvalue weighted by molar-refractivity contribution is -0.128. The first-order valence-electron chi connectivity index (χ1n) is 8.33. The van der Waals surface area contributed by atoms with Crippen molar-refractivity contribution in [3.8, 4) is 0 Å². The van der Waals surface area contributed by atoms with Crippen molar-refractivity contribution in [2.75, 3.05) is 6.54 Å². The highest BCUT2D eigenvalue weighted by Gasteiger charge is 2.48. The van der Waals surface area contributed by atoms with Gasteiger partial charge >= 0.3 is 0 Å². The van der Waals surface area contributed by atoms with Crippen molar-refractivity contribution in [3.63, 3.8) is 0 Å². The molecule has 1 aromatic carbocycles. The number of carbonyl (C=O) groups excluding carboxylic acids is 2. The van der Waals surface area contributed by atoms with Gasteiger partial charge in [0.05, 0.1) is 17.9 Å². The minimum absolute atomic E-state index is 0.128. The summed E-state index contributed by atoms with van der Waals surface area (Å²) in [5, 5.41) is 2.96. The van der Waals surface area contributed by atoms with Crippen molar-refractivity contribution in [3.05, 3.63) is 59.5 Å². The molecule has 1 aliphatic heterocycles. The summed E-state index contributed by atoms with van der Waals surface area (Å²) < 4.78 is 5.17. The Balaban J connectivity index is 1.38. The van der Waals surface area contributed by atoms with Crippen LogP contribution in [0.2, 0.25) is 0 Å². The largest absolute Gasteiger partial charge is 0.469 e. The third-order valence-electron chi connectivity index (χ3n) is 4.98. The average Bonchev–Trinajstić information content (AvgIpc) is 3.12. The molecule has 5 heteroatoms. The van der Waals surface area contributed by atoms with Crippen LogP contribution in [0.4, 0.5) is 0 Å². The molecule has 124 valence electrons. The standard InChI is InChI=1S/C19H20N2O3/c1-12-15(7-8-24-12)19(23)20-14-9-18(22)21(11-14)17-10-16(17)13-5-3-2-4-6-13/h2-8,14,16-17H,9-11H2,1H3,(H,20,23). The summed E-state index contributed by atoms with van der Waals surface area (Å²) in [4.78, 5) is 26.5. The molecule has 4 rings (SSSR count). The number of rotatable bonds is 4. The van der Waals surface area contributed by atoms with Crippen LogP contribution in [0.5, 0.6) is 0 Å². The van der Waals surface area contributed by atoms with Gasteiger partial charge in [0.1, 0.15) is 5.76 Å². The molecular weight excluding hydrogens is 304 g/mol. The molecule has 2 aromatic rings. The highest BCUT2D eigenvalue weighted by atomic mass is 16.3. The van der Waals surface area contributed by atoms with Gasteiger partial charge in [-0.05, 0) is 25.0 Å². The van der Waals surface area contributed by atoms with Gasteiger partial charge in [0.15, 0.2) is 0 Å². The quantitative estimate of drug-likeness (QED) is 0.940. The summed E-state index contributed by atoms with van der Waals surface area (Å²) in [6.07, 6.45) is 2.89.